The average molecular weight is 270 g/mol. The molecule has 0 heterocycles. The molecule has 1 amide bonds. The van der Waals surface area contributed by atoms with Gasteiger partial charge in [0.2, 0.25) is 5.91 Å². The highest BCUT2D eigenvalue weighted by atomic mass is 35.5. The summed E-state index contributed by atoms with van der Waals surface area (Å²) in [6.45, 7) is 2.40. The third-order valence-electron chi connectivity index (χ3n) is 2.23. The molecule has 18 heavy (non-hydrogen) atoms. The normalized spacial score (nSPS) is 9.89. The van der Waals surface area contributed by atoms with Gasteiger partial charge in [-0.15, -0.1) is 0 Å². The zero-order chi connectivity index (χ0) is 13.4. The SMILES string of the molecule is CCOC(=O)CCNC(=O)Cc1ccc(Cl)cc1. The molecule has 0 aliphatic heterocycles. The lowest BCUT2D eigenvalue weighted by Gasteiger charge is -2.05. The molecule has 0 fully saturated rings. The Morgan fingerprint density at radius 2 is 1.94 bits per heavy atom. The fraction of sp³-hybridized carbons (Fsp3) is 0.385. The third-order valence-corrected chi connectivity index (χ3v) is 2.49. The molecule has 0 unspecified atom stereocenters. The van der Waals surface area contributed by atoms with Gasteiger partial charge < -0.3 is 10.1 Å². The van der Waals surface area contributed by atoms with Crippen LogP contribution in [0.2, 0.25) is 5.02 Å². The number of halogens is 1. The summed E-state index contributed by atoms with van der Waals surface area (Å²) < 4.78 is 4.75. The van der Waals surface area contributed by atoms with Crippen LogP contribution in [-0.2, 0) is 20.7 Å². The highest BCUT2D eigenvalue weighted by Crippen LogP contribution is 2.09. The number of amides is 1. The predicted octanol–water partition coefficient (Wildman–Crippen LogP) is 1.95. The van der Waals surface area contributed by atoms with E-state index in [-0.39, 0.29) is 24.7 Å². The summed E-state index contributed by atoms with van der Waals surface area (Å²) in [4.78, 5) is 22.6. The molecule has 0 atom stereocenters. The highest BCUT2D eigenvalue weighted by molar-refractivity contribution is 6.30. The summed E-state index contributed by atoms with van der Waals surface area (Å²) in [5.41, 5.74) is 0.882. The summed E-state index contributed by atoms with van der Waals surface area (Å²) in [5, 5.41) is 3.30. The smallest absolute Gasteiger partial charge is 0.307 e. The number of carbonyl (C=O) groups excluding carboxylic acids is 2. The summed E-state index contributed by atoms with van der Waals surface area (Å²) in [5.74, 6) is -0.425. The van der Waals surface area contributed by atoms with Crippen LogP contribution in [0.5, 0.6) is 0 Å². The molecule has 5 heteroatoms. The van der Waals surface area contributed by atoms with E-state index in [1.165, 1.54) is 0 Å². The number of hydrogen-bond acceptors (Lipinski definition) is 3. The quantitative estimate of drug-likeness (QED) is 0.803. The van der Waals surface area contributed by atoms with E-state index in [0.29, 0.717) is 18.2 Å². The maximum Gasteiger partial charge on any atom is 0.307 e. The van der Waals surface area contributed by atoms with Crippen molar-refractivity contribution in [3.05, 3.63) is 34.9 Å². The first kappa shape index (κ1) is 14.5. The van der Waals surface area contributed by atoms with E-state index in [1.54, 1.807) is 31.2 Å². The molecule has 0 aromatic heterocycles. The van der Waals surface area contributed by atoms with Gasteiger partial charge in [0.15, 0.2) is 0 Å². The number of esters is 1. The second kappa shape index (κ2) is 7.71. The van der Waals surface area contributed by atoms with Crippen molar-refractivity contribution in [1.82, 2.24) is 5.32 Å². The Morgan fingerprint density at radius 1 is 1.28 bits per heavy atom. The van der Waals surface area contributed by atoms with E-state index in [0.717, 1.165) is 5.56 Å². The fourth-order valence-electron chi connectivity index (χ4n) is 1.39. The van der Waals surface area contributed by atoms with Crippen molar-refractivity contribution in [2.45, 2.75) is 19.8 Å². The summed E-state index contributed by atoms with van der Waals surface area (Å²) in [6, 6.07) is 7.08. The Bertz CT molecular complexity index is 403. The van der Waals surface area contributed by atoms with Crippen LogP contribution in [0.15, 0.2) is 24.3 Å². The van der Waals surface area contributed by atoms with E-state index in [4.69, 9.17) is 16.3 Å². The van der Waals surface area contributed by atoms with Gasteiger partial charge in [0.05, 0.1) is 19.4 Å². The molecule has 0 bridgehead atoms. The molecule has 1 aromatic rings. The second-order valence-corrected chi connectivity index (χ2v) is 4.14. The zero-order valence-corrected chi connectivity index (χ0v) is 11.0. The fourth-order valence-corrected chi connectivity index (χ4v) is 1.51. The van der Waals surface area contributed by atoms with Crippen LogP contribution in [-0.4, -0.2) is 25.0 Å². The molecule has 0 saturated carbocycles. The van der Waals surface area contributed by atoms with Gasteiger partial charge in [0.1, 0.15) is 0 Å². The van der Waals surface area contributed by atoms with Crippen LogP contribution in [0.3, 0.4) is 0 Å². The average Bonchev–Trinajstić information content (AvgIpc) is 2.32. The molecule has 0 radical (unpaired) electrons. The van der Waals surface area contributed by atoms with Gasteiger partial charge in [0.25, 0.3) is 0 Å². The van der Waals surface area contributed by atoms with Crippen molar-refractivity contribution in [3.8, 4) is 0 Å². The number of rotatable bonds is 6. The molecule has 0 aliphatic rings. The van der Waals surface area contributed by atoms with Gasteiger partial charge in [0, 0.05) is 11.6 Å². The van der Waals surface area contributed by atoms with Crippen LogP contribution in [0.25, 0.3) is 0 Å². The van der Waals surface area contributed by atoms with E-state index >= 15 is 0 Å². The van der Waals surface area contributed by atoms with Crippen molar-refractivity contribution in [1.29, 1.82) is 0 Å². The lowest BCUT2D eigenvalue weighted by molar-refractivity contribution is -0.143. The monoisotopic (exact) mass is 269 g/mol. The number of ether oxygens (including phenoxy) is 1. The lowest BCUT2D eigenvalue weighted by atomic mass is 10.1. The van der Waals surface area contributed by atoms with Crippen molar-refractivity contribution < 1.29 is 14.3 Å². The number of benzene rings is 1. The van der Waals surface area contributed by atoms with Crippen LogP contribution < -0.4 is 5.32 Å². The standard InChI is InChI=1S/C13H16ClNO3/c1-2-18-13(17)7-8-15-12(16)9-10-3-5-11(14)6-4-10/h3-6H,2,7-9H2,1H3,(H,15,16). The Labute approximate surface area is 111 Å². The Kier molecular flexibility index (Phi) is 6.22. The lowest BCUT2D eigenvalue weighted by Crippen LogP contribution is -2.27. The first-order valence-electron chi connectivity index (χ1n) is 5.78. The summed E-state index contributed by atoms with van der Waals surface area (Å²) >= 11 is 5.74. The Morgan fingerprint density at radius 3 is 2.56 bits per heavy atom. The molecular weight excluding hydrogens is 254 g/mol. The minimum Gasteiger partial charge on any atom is -0.466 e. The molecule has 1 aromatic carbocycles. The molecule has 98 valence electrons. The van der Waals surface area contributed by atoms with Gasteiger partial charge in [-0.05, 0) is 24.6 Å². The zero-order valence-electron chi connectivity index (χ0n) is 10.2. The van der Waals surface area contributed by atoms with Crippen LogP contribution in [0.4, 0.5) is 0 Å². The molecule has 1 rings (SSSR count). The molecule has 0 saturated heterocycles. The molecular formula is C13H16ClNO3. The van der Waals surface area contributed by atoms with E-state index in [1.807, 2.05) is 0 Å². The largest absolute Gasteiger partial charge is 0.466 e. The van der Waals surface area contributed by atoms with Crippen LogP contribution >= 0.6 is 11.6 Å². The summed E-state index contributed by atoms with van der Waals surface area (Å²) in [7, 11) is 0. The van der Waals surface area contributed by atoms with Crippen molar-refractivity contribution >= 4 is 23.5 Å². The van der Waals surface area contributed by atoms with Crippen molar-refractivity contribution in [2.75, 3.05) is 13.2 Å². The predicted molar refractivity (Wildman–Crippen MR) is 69.4 cm³/mol. The highest BCUT2D eigenvalue weighted by Gasteiger charge is 2.05. The minimum atomic E-state index is -0.302. The van der Waals surface area contributed by atoms with E-state index < -0.39 is 0 Å². The van der Waals surface area contributed by atoms with Crippen molar-refractivity contribution in [2.24, 2.45) is 0 Å². The first-order chi connectivity index (χ1) is 8.61. The van der Waals surface area contributed by atoms with Gasteiger partial charge in [-0.1, -0.05) is 23.7 Å². The van der Waals surface area contributed by atoms with Crippen LogP contribution in [0.1, 0.15) is 18.9 Å². The van der Waals surface area contributed by atoms with Gasteiger partial charge in [-0.3, -0.25) is 9.59 Å². The van der Waals surface area contributed by atoms with Crippen molar-refractivity contribution in [3.63, 3.8) is 0 Å². The molecule has 1 N–H and O–H groups in total. The number of carbonyl (C=O) groups is 2. The topological polar surface area (TPSA) is 55.4 Å². The summed E-state index contributed by atoms with van der Waals surface area (Å²) in [6.07, 6.45) is 0.472. The van der Waals surface area contributed by atoms with Gasteiger partial charge in [-0.2, -0.15) is 0 Å². The number of nitrogens with one attached hydrogen (secondary N) is 1. The maximum atomic E-state index is 11.5. The number of hydrogen-bond donors (Lipinski definition) is 1. The van der Waals surface area contributed by atoms with Gasteiger partial charge in [-0.25, -0.2) is 0 Å². The Hall–Kier alpha value is -1.55. The van der Waals surface area contributed by atoms with Crippen LogP contribution in [0, 0.1) is 0 Å². The third kappa shape index (κ3) is 5.68. The minimum absolute atomic E-state index is 0.123. The van der Waals surface area contributed by atoms with E-state index in [2.05, 4.69) is 5.32 Å². The maximum absolute atomic E-state index is 11.5. The first-order valence-corrected chi connectivity index (χ1v) is 6.16. The molecule has 4 nitrogen and oxygen atoms in total. The Balaban J connectivity index is 2.25. The second-order valence-electron chi connectivity index (χ2n) is 3.71. The molecule has 0 spiro atoms. The molecule has 0 aliphatic carbocycles. The van der Waals surface area contributed by atoms with Gasteiger partial charge >= 0.3 is 5.97 Å². The van der Waals surface area contributed by atoms with E-state index in [9.17, 15) is 9.59 Å².